The predicted molar refractivity (Wildman–Crippen MR) is 86.7 cm³/mol. The lowest BCUT2D eigenvalue weighted by atomic mass is 9.96. The van der Waals surface area contributed by atoms with Gasteiger partial charge < -0.3 is 14.7 Å². The fourth-order valence-electron chi connectivity index (χ4n) is 3.14. The van der Waals surface area contributed by atoms with Crippen molar-refractivity contribution < 1.29 is 32.6 Å². The number of ether oxygens (including phenoxy) is 1. The molecule has 8 heteroatoms. The lowest BCUT2D eigenvalue weighted by Crippen LogP contribution is -2.35. The van der Waals surface area contributed by atoms with Gasteiger partial charge in [0.1, 0.15) is 5.75 Å². The molecule has 0 aliphatic carbocycles. The van der Waals surface area contributed by atoms with Crippen LogP contribution in [0.4, 0.5) is 13.2 Å². The quantitative estimate of drug-likeness (QED) is 0.902. The zero-order valence-electron chi connectivity index (χ0n) is 13.6. The summed E-state index contributed by atoms with van der Waals surface area (Å²) >= 11 is 0. The number of fused-ring (bicyclic) bond motifs is 1. The summed E-state index contributed by atoms with van der Waals surface area (Å²) < 4.78 is 44.5. The summed E-state index contributed by atoms with van der Waals surface area (Å²) in [7, 11) is 0. The van der Waals surface area contributed by atoms with Crippen LogP contribution in [0.5, 0.6) is 5.75 Å². The van der Waals surface area contributed by atoms with Gasteiger partial charge in [0.15, 0.2) is 6.61 Å². The number of benzene rings is 2. The minimum absolute atomic E-state index is 0.442. The number of halogens is 3. The van der Waals surface area contributed by atoms with E-state index in [1.807, 2.05) is 30.3 Å². The highest BCUT2D eigenvalue weighted by atomic mass is 19.4. The molecule has 0 unspecified atom stereocenters. The molecule has 26 heavy (non-hydrogen) atoms. The van der Waals surface area contributed by atoms with Crippen LogP contribution in [-0.4, -0.2) is 47.8 Å². The first-order chi connectivity index (χ1) is 12.3. The highest BCUT2D eigenvalue weighted by molar-refractivity contribution is 5.88. The Bertz CT molecular complexity index is 831. The second-order valence-corrected chi connectivity index (χ2v) is 6.16. The molecule has 1 fully saturated rings. The number of carbonyl (C=O) groups is 2. The molecule has 0 radical (unpaired) electrons. The van der Waals surface area contributed by atoms with Gasteiger partial charge in [0.25, 0.3) is 5.91 Å². The monoisotopic (exact) mass is 367 g/mol. The summed E-state index contributed by atoms with van der Waals surface area (Å²) in [5.74, 6) is -5.51. The Kier molecular flexibility index (Phi) is 4.76. The number of likely N-dealkylation sites (tertiary alicyclic amines) is 1. The molecule has 0 saturated carbocycles. The lowest BCUT2D eigenvalue weighted by Gasteiger charge is -2.18. The molecule has 5 nitrogen and oxygen atoms in total. The number of rotatable bonds is 4. The van der Waals surface area contributed by atoms with Gasteiger partial charge in [-0.15, -0.1) is 0 Å². The van der Waals surface area contributed by atoms with E-state index in [0.29, 0.717) is 5.75 Å². The van der Waals surface area contributed by atoms with Crippen molar-refractivity contribution in [3.8, 4) is 5.75 Å². The van der Waals surface area contributed by atoms with E-state index in [9.17, 15) is 22.8 Å². The van der Waals surface area contributed by atoms with Crippen LogP contribution in [0.15, 0.2) is 42.5 Å². The average Bonchev–Trinajstić information content (AvgIpc) is 3.06. The maximum absolute atomic E-state index is 13.0. The van der Waals surface area contributed by atoms with Gasteiger partial charge in [0.2, 0.25) is 0 Å². The first kappa shape index (κ1) is 18.0. The first-order valence-corrected chi connectivity index (χ1v) is 7.95. The van der Waals surface area contributed by atoms with Crippen LogP contribution in [0.25, 0.3) is 10.8 Å². The number of nitrogens with zero attached hydrogens (tertiary/aromatic N) is 1. The zero-order valence-corrected chi connectivity index (χ0v) is 13.6. The maximum Gasteiger partial charge on any atom is 0.394 e. The molecule has 138 valence electrons. The third-order valence-corrected chi connectivity index (χ3v) is 4.51. The minimum atomic E-state index is -4.67. The topological polar surface area (TPSA) is 66.8 Å². The molecule has 1 aliphatic rings. The van der Waals surface area contributed by atoms with Crippen LogP contribution in [0.1, 0.15) is 0 Å². The Balaban J connectivity index is 1.69. The maximum atomic E-state index is 13.0. The summed E-state index contributed by atoms with van der Waals surface area (Å²) in [6.07, 6.45) is -4.67. The molecule has 2 atom stereocenters. The van der Waals surface area contributed by atoms with E-state index in [1.165, 1.54) is 0 Å². The van der Waals surface area contributed by atoms with Crippen LogP contribution in [-0.2, 0) is 9.59 Å². The van der Waals surface area contributed by atoms with E-state index < -0.39 is 49.6 Å². The smallest absolute Gasteiger partial charge is 0.394 e. The molecule has 1 heterocycles. The van der Waals surface area contributed by atoms with E-state index in [2.05, 4.69) is 0 Å². The van der Waals surface area contributed by atoms with Gasteiger partial charge in [0.05, 0.1) is 11.8 Å². The van der Waals surface area contributed by atoms with Crippen molar-refractivity contribution >= 4 is 22.6 Å². The SMILES string of the molecule is O=C(O)[C@@H]1CN(C(=O)COc2cccc3ccccc23)C[C@H]1C(F)(F)F. The molecule has 0 spiro atoms. The molecule has 3 rings (SSSR count). The molecular formula is C18H16F3NO4. The van der Waals surface area contributed by atoms with E-state index in [-0.39, 0.29) is 0 Å². The van der Waals surface area contributed by atoms with Crippen molar-refractivity contribution in [2.24, 2.45) is 11.8 Å². The van der Waals surface area contributed by atoms with Gasteiger partial charge in [-0.1, -0.05) is 36.4 Å². The Morgan fingerprint density at radius 3 is 2.46 bits per heavy atom. The van der Waals surface area contributed by atoms with Gasteiger partial charge in [-0.25, -0.2) is 0 Å². The molecular weight excluding hydrogens is 351 g/mol. The minimum Gasteiger partial charge on any atom is -0.483 e. The lowest BCUT2D eigenvalue weighted by molar-refractivity contribution is -0.188. The number of hydrogen-bond donors (Lipinski definition) is 1. The number of aliphatic carboxylic acids is 1. The first-order valence-electron chi connectivity index (χ1n) is 7.95. The number of carbonyl (C=O) groups excluding carboxylic acids is 1. The van der Waals surface area contributed by atoms with E-state index in [1.54, 1.807) is 12.1 Å². The molecule has 1 aliphatic heterocycles. The Labute approximate surface area is 147 Å². The van der Waals surface area contributed by atoms with Crippen LogP contribution in [0, 0.1) is 11.8 Å². The second kappa shape index (κ2) is 6.86. The van der Waals surface area contributed by atoms with Crippen molar-refractivity contribution in [2.75, 3.05) is 19.7 Å². The van der Waals surface area contributed by atoms with Crippen LogP contribution >= 0.6 is 0 Å². The summed E-state index contributed by atoms with van der Waals surface area (Å²) in [6.45, 7) is -1.60. The van der Waals surface area contributed by atoms with Crippen molar-refractivity contribution in [3.05, 3.63) is 42.5 Å². The largest absolute Gasteiger partial charge is 0.483 e. The van der Waals surface area contributed by atoms with Crippen LogP contribution in [0.3, 0.4) is 0 Å². The number of carboxylic acids is 1. The number of hydrogen-bond acceptors (Lipinski definition) is 3. The second-order valence-electron chi connectivity index (χ2n) is 6.16. The summed E-state index contributed by atoms with van der Waals surface area (Å²) in [4.78, 5) is 24.2. The van der Waals surface area contributed by atoms with Crippen molar-refractivity contribution in [1.29, 1.82) is 0 Å². The predicted octanol–water partition coefficient (Wildman–Crippen LogP) is 2.94. The van der Waals surface area contributed by atoms with Gasteiger partial charge in [-0.05, 0) is 11.5 Å². The molecule has 1 amide bonds. The normalized spacial score (nSPS) is 20.3. The third-order valence-electron chi connectivity index (χ3n) is 4.51. The van der Waals surface area contributed by atoms with Crippen molar-refractivity contribution in [1.82, 2.24) is 4.90 Å². The van der Waals surface area contributed by atoms with Gasteiger partial charge in [-0.3, -0.25) is 9.59 Å². The van der Waals surface area contributed by atoms with E-state index in [4.69, 9.17) is 9.84 Å². The highest BCUT2D eigenvalue weighted by Gasteiger charge is 2.53. The fourth-order valence-corrected chi connectivity index (χ4v) is 3.14. The Morgan fingerprint density at radius 1 is 1.12 bits per heavy atom. The summed E-state index contributed by atoms with van der Waals surface area (Å²) in [6, 6.07) is 12.6. The summed E-state index contributed by atoms with van der Waals surface area (Å²) in [5, 5.41) is 10.7. The van der Waals surface area contributed by atoms with Crippen LogP contribution in [0.2, 0.25) is 0 Å². The standard InChI is InChI=1S/C18H16F3NO4/c19-18(20,21)14-9-22(8-13(14)17(24)25)16(23)10-26-15-7-3-5-11-4-1-2-6-12(11)15/h1-7,13-14H,8-10H2,(H,24,25)/t13-,14-/m1/s1. The number of amides is 1. The Hall–Kier alpha value is -2.77. The zero-order chi connectivity index (χ0) is 18.9. The summed E-state index contributed by atoms with van der Waals surface area (Å²) in [5.41, 5.74) is 0. The Morgan fingerprint density at radius 2 is 1.81 bits per heavy atom. The third kappa shape index (κ3) is 3.58. The van der Waals surface area contributed by atoms with E-state index >= 15 is 0 Å². The average molecular weight is 367 g/mol. The fraction of sp³-hybridized carbons (Fsp3) is 0.333. The molecule has 2 aromatic rings. The molecule has 2 aromatic carbocycles. The highest BCUT2D eigenvalue weighted by Crippen LogP contribution is 2.37. The molecule has 0 aromatic heterocycles. The van der Waals surface area contributed by atoms with E-state index in [0.717, 1.165) is 15.7 Å². The van der Waals surface area contributed by atoms with Crippen molar-refractivity contribution in [2.45, 2.75) is 6.18 Å². The number of alkyl halides is 3. The molecule has 1 N–H and O–H groups in total. The van der Waals surface area contributed by atoms with Gasteiger partial charge >= 0.3 is 12.1 Å². The van der Waals surface area contributed by atoms with Crippen molar-refractivity contribution in [3.63, 3.8) is 0 Å². The molecule has 0 bridgehead atoms. The van der Waals surface area contributed by atoms with Crippen LogP contribution < -0.4 is 4.74 Å². The number of carboxylic acid groups (broad SMARTS) is 1. The molecule has 1 saturated heterocycles. The van der Waals surface area contributed by atoms with Gasteiger partial charge in [0, 0.05) is 18.5 Å². The van der Waals surface area contributed by atoms with Gasteiger partial charge in [-0.2, -0.15) is 13.2 Å².